The van der Waals surface area contributed by atoms with E-state index in [1.54, 1.807) is 11.1 Å². The number of fused-ring (bicyclic) bond motifs is 1. The fourth-order valence-corrected chi connectivity index (χ4v) is 4.07. The molecule has 2 aromatic heterocycles. The third-order valence-corrected chi connectivity index (χ3v) is 5.64. The standard InChI is InChI=1S/C21H19N3O3S/c1-14(25)24-11-16-7-3-2-6-15(16)10-19(24)21(26)27-12-17-13-28-20(23-17)18-8-4-5-9-22-18/h2-9,13,19H,10-12H2,1H3. The van der Waals surface area contributed by atoms with E-state index < -0.39 is 12.0 Å². The number of nitrogens with zero attached hydrogens (tertiary/aromatic N) is 3. The van der Waals surface area contributed by atoms with E-state index in [-0.39, 0.29) is 12.5 Å². The third kappa shape index (κ3) is 3.80. The van der Waals surface area contributed by atoms with Crippen LogP contribution in [-0.2, 0) is 33.9 Å². The highest BCUT2D eigenvalue weighted by Crippen LogP contribution is 2.25. The Morgan fingerprint density at radius 1 is 1.18 bits per heavy atom. The molecular weight excluding hydrogens is 374 g/mol. The zero-order valence-corrected chi connectivity index (χ0v) is 16.2. The van der Waals surface area contributed by atoms with Gasteiger partial charge in [0.15, 0.2) is 0 Å². The van der Waals surface area contributed by atoms with E-state index in [1.807, 2.05) is 47.8 Å². The first kappa shape index (κ1) is 18.3. The Kier molecular flexibility index (Phi) is 5.16. The molecule has 0 aliphatic carbocycles. The Morgan fingerprint density at radius 3 is 2.71 bits per heavy atom. The van der Waals surface area contributed by atoms with Crippen molar-refractivity contribution in [2.45, 2.75) is 32.5 Å². The second-order valence-corrected chi connectivity index (χ2v) is 7.46. The predicted molar refractivity (Wildman–Crippen MR) is 105 cm³/mol. The maximum atomic E-state index is 12.7. The zero-order chi connectivity index (χ0) is 19.5. The molecule has 0 N–H and O–H groups in total. The van der Waals surface area contributed by atoms with E-state index in [9.17, 15) is 9.59 Å². The minimum atomic E-state index is -0.610. The molecule has 3 aromatic rings. The van der Waals surface area contributed by atoms with Gasteiger partial charge < -0.3 is 9.64 Å². The first-order valence-corrected chi connectivity index (χ1v) is 9.86. The van der Waals surface area contributed by atoms with Crippen molar-refractivity contribution in [1.82, 2.24) is 14.9 Å². The van der Waals surface area contributed by atoms with Crippen molar-refractivity contribution in [1.29, 1.82) is 0 Å². The van der Waals surface area contributed by atoms with Crippen LogP contribution in [0.15, 0.2) is 54.0 Å². The van der Waals surface area contributed by atoms with E-state index in [0.29, 0.717) is 18.7 Å². The Hall–Kier alpha value is -3.06. The Balaban J connectivity index is 1.44. The van der Waals surface area contributed by atoms with Crippen LogP contribution in [0.25, 0.3) is 10.7 Å². The molecule has 1 aliphatic heterocycles. The summed E-state index contributed by atoms with van der Waals surface area (Å²) in [6.45, 7) is 1.98. The molecule has 28 heavy (non-hydrogen) atoms. The number of thiazole rings is 1. The van der Waals surface area contributed by atoms with Crippen LogP contribution >= 0.6 is 11.3 Å². The molecule has 0 saturated carbocycles. The molecule has 3 heterocycles. The predicted octanol–water partition coefficient (Wildman–Crippen LogP) is 3.22. The zero-order valence-electron chi connectivity index (χ0n) is 15.4. The van der Waals surface area contributed by atoms with Gasteiger partial charge in [0.05, 0.1) is 11.4 Å². The molecule has 1 unspecified atom stereocenters. The molecule has 4 rings (SSSR count). The first-order chi connectivity index (χ1) is 13.6. The van der Waals surface area contributed by atoms with Gasteiger partial charge in [-0.05, 0) is 23.3 Å². The van der Waals surface area contributed by atoms with E-state index in [0.717, 1.165) is 21.8 Å². The first-order valence-electron chi connectivity index (χ1n) is 8.98. The Labute approximate surface area is 166 Å². The fraction of sp³-hybridized carbons (Fsp3) is 0.238. The van der Waals surface area contributed by atoms with Crippen LogP contribution in [0.1, 0.15) is 23.7 Å². The van der Waals surface area contributed by atoms with Gasteiger partial charge >= 0.3 is 5.97 Å². The maximum Gasteiger partial charge on any atom is 0.329 e. The number of esters is 1. The molecule has 1 aliphatic rings. The Morgan fingerprint density at radius 2 is 1.96 bits per heavy atom. The van der Waals surface area contributed by atoms with Gasteiger partial charge in [0, 0.05) is 31.5 Å². The van der Waals surface area contributed by atoms with E-state index >= 15 is 0 Å². The number of hydrogen-bond acceptors (Lipinski definition) is 6. The highest BCUT2D eigenvalue weighted by molar-refractivity contribution is 7.13. The largest absolute Gasteiger partial charge is 0.458 e. The molecule has 0 fully saturated rings. The SMILES string of the molecule is CC(=O)N1Cc2ccccc2CC1C(=O)OCc1csc(-c2ccccn2)n1. The number of carbonyl (C=O) groups is 2. The number of hydrogen-bond donors (Lipinski definition) is 0. The minimum absolute atomic E-state index is 0.0755. The second kappa shape index (κ2) is 7.90. The summed E-state index contributed by atoms with van der Waals surface area (Å²) in [5, 5.41) is 2.64. The van der Waals surface area contributed by atoms with Crippen LogP contribution in [0.4, 0.5) is 0 Å². The van der Waals surface area contributed by atoms with Gasteiger partial charge in [-0.1, -0.05) is 30.3 Å². The van der Waals surface area contributed by atoms with Gasteiger partial charge in [-0.25, -0.2) is 9.78 Å². The van der Waals surface area contributed by atoms with Crippen LogP contribution in [0.5, 0.6) is 0 Å². The van der Waals surface area contributed by atoms with Gasteiger partial charge in [0.2, 0.25) is 5.91 Å². The van der Waals surface area contributed by atoms with Crippen LogP contribution < -0.4 is 0 Å². The average Bonchev–Trinajstić information content (AvgIpc) is 3.20. The molecule has 142 valence electrons. The number of rotatable bonds is 4. The molecule has 0 saturated heterocycles. The van der Waals surface area contributed by atoms with Crippen LogP contribution in [-0.4, -0.2) is 32.8 Å². The topological polar surface area (TPSA) is 72.4 Å². The minimum Gasteiger partial charge on any atom is -0.458 e. The molecule has 0 spiro atoms. The van der Waals surface area contributed by atoms with Gasteiger partial charge in [0.1, 0.15) is 17.7 Å². The molecule has 0 radical (unpaired) electrons. The number of benzene rings is 1. The number of ether oxygens (including phenoxy) is 1. The fourth-order valence-electron chi connectivity index (χ4n) is 3.29. The van der Waals surface area contributed by atoms with E-state index in [2.05, 4.69) is 9.97 Å². The number of amides is 1. The number of carbonyl (C=O) groups excluding carboxylic acids is 2. The molecule has 7 heteroatoms. The lowest BCUT2D eigenvalue weighted by atomic mass is 9.94. The van der Waals surface area contributed by atoms with Crippen molar-refractivity contribution >= 4 is 23.2 Å². The average molecular weight is 393 g/mol. The smallest absolute Gasteiger partial charge is 0.329 e. The van der Waals surface area contributed by atoms with Crippen molar-refractivity contribution in [2.24, 2.45) is 0 Å². The summed E-state index contributed by atoms with van der Waals surface area (Å²) in [5.74, 6) is -0.542. The van der Waals surface area contributed by atoms with Crippen molar-refractivity contribution in [3.63, 3.8) is 0 Å². The van der Waals surface area contributed by atoms with Gasteiger partial charge in [-0.15, -0.1) is 11.3 Å². The van der Waals surface area contributed by atoms with Crippen molar-refractivity contribution in [3.8, 4) is 10.7 Å². The molecule has 6 nitrogen and oxygen atoms in total. The van der Waals surface area contributed by atoms with Crippen molar-refractivity contribution < 1.29 is 14.3 Å². The molecular formula is C21H19N3O3S. The number of pyridine rings is 1. The molecule has 0 bridgehead atoms. The quantitative estimate of drug-likeness (QED) is 0.637. The summed E-state index contributed by atoms with van der Waals surface area (Å²) in [5.41, 5.74) is 3.61. The summed E-state index contributed by atoms with van der Waals surface area (Å²) < 4.78 is 5.50. The molecule has 1 amide bonds. The van der Waals surface area contributed by atoms with Crippen molar-refractivity contribution in [2.75, 3.05) is 0 Å². The summed E-state index contributed by atoms with van der Waals surface area (Å²) in [6, 6.07) is 12.9. The van der Waals surface area contributed by atoms with Crippen LogP contribution in [0.3, 0.4) is 0 Å². The van der Waals surface area contributed by atoms with E-state index in [4.69, 9.17) is 4.74 Å². The third-order valence-electron chi connectivity index (χ3n) is 4.72. The number of aromatic nitrogens is 2. The van der Waals surface area contributed by atoms with Crippen LogP contribution in [0, 0.1) is 0 Å². The van der Waals surface area contributed by atoms with E-state index in [1.165, 1.54) is 18.3 Å². The van der Waals surface area contributed by atoms with Gasteiger partial charge in [-0.2, -0.15) is 0 Å². The van der Waals surface area contributed by atoms with Gasteiger partial charge in [-0.3, -0.25) is 9.78 Å². The highest BCUT2D eigenvalue weighted by Gasteiger charge is 2.34. The second-order valence-electron chi connectivity index (χ2n) is 6.60. The summed E-state index contributed by atoms with van der Waals surface area (Å²) in [4.78, 5) is 35.1. The van der Waals surface area contributed by atoms with Gasteiger partial charge in [0.25, 0.3) is 0 Å². The maximum absolute atomic E-state index is 12.7. The summed E-state index contributed by atoms with van der Waals surface area (Å²) in [6.07, 6.45) is 2.18. The summed E-state index contributed by atoms with van der Waals surface area (Å²) >= 11 is 1.46. The van der Waals surface area contributed by atoms with Crippen LogP contribution in [0.2, 0.25) is 0 Å². The lowest BCUT2D eigenvalue weighted by Crippen LogP contribution is -2.48. The molecule has 1 atom stereocenters. The Bertz CT molecular complexity index is 1000. The lowest BCUT2D eigenvalue weighted by Gasteiger charge is -2.34. The normalized spacial score (nSPS) is 15.8. The van der Waals surface area contributed by atoms with Crippen molar-refractivity contribution in [3.05, 3.63) is 70.9 Å². The molecule has 1 aromatic carbocycles. The summed E-state index contributed by atoms with van der Waals surface area (Å²) in [7, 11) is 0. The highest BCUT2D eigenvalue weighted by atomic mass is 32.1. The lowest BCUT2D eigenvalue weighted by molar-refractivity contribution is -0.156. The monoisotopic (exact) mass is 393 g/mol.